The molecule has 0 rings (SSSR count). The first-order chi connectivity index (χ1) is 15.4. The van der Waals surface area contributed by atoms with Crippen LogP contribution >= 0.6 is 0 Å². The van der Waals surface area contributed by atoms with Crippen LogP contribution in [0.5, 0.6) is 0 Å². The molecule has 0 fully saturated rings. The molecule has 0 aliphatic heterocycles. The molecule has 0 saturated carbocycles. The molecule has 0 spiro atoms. The molecule has 0 aromatic heterocycles. The molecule has 0 heterocycles. The van der Waals surface area contributed by atoms with Crippen LogP contribution in [0.25, 0.3) is 0 Å². The van der Waals surface area contributed by atoms with Crippen LogP contribution in [0.4, 0.5) is 105 Å². The highest BCUT2D eigenvalue weighted by atomic mass is 19.4. The highest BCUT2D eigenvalue weighted by Gasteiger charge is 2.97. The van der Waals surface area contributed by atoms with E-state index in [0.29, 0.717) is 0 Å². The lowest BCUT2D eigenvalue weighted by Gasteiger charge is -2.45. The van der Waals surface area contributed by atoms with E-state index in [1.165, 1.54) is 0 Å². The zero-order chi connectivity index (χ0) is 31.1. The van der Waals surface area contributed by atoms with E-state index in [-0.39, 0.29) is 0 Å². The van der Waals surface area contributed by atoms with Gasteiger partial charge in [-0.25, -0.2) is 4.39 Å². The monoisotopic (exact) mass is 618 g/mol. The van der Waals surface area contributed by atoms with Crippen molar-refractivity contribution in [3.8, 4) is 0 Å². The summed E-state index contributed by atoms with van der Waals surface area (Å²) in [6.45, 7) is 0. The van der Waals surface area contributed by atoms with E-state index in [4.69, 9.17) is 5.11 Å². The lowest BCUT2D eigenvalue weighted by atomic mass is 9.81. The maximum atomic E-state index is 13.6. The number of aliphatic hydroxyl groups is 1. The fourth-order valence-corrected chi connectivity index (χ4v) is 2.18. The summed E-state index contributed by atoms with van der Waals surface area (Å²) < 4.78 is 308. The van der Waals surface area contributed by atoms with Crippen molar-refractivity contribution in [1.29, 1.82) is 0 Å². The van der Waals surface area contributed by atoms with Gasteiger partial charge < -0.3 is 5.11 Å². The van der Waals surface area contributed by atoms with Crippen molar-refractivity contribution in [3.05, 3.63) is 0 Å². The van der Waals surface area contributed by atoms with E-state index in [2.05, 4.69) is 0 Å². The lowest BCUT2D eigenvalue weighted by molar-refractivity contribution is -0.477. The van der Waals surface area contributed by atoms with Crippen molar-refractivity contribution < 1.29 is 110 Å². The van der Waals surface area contributed by atoms with E-state index in [0.717, 1.165) is 0 Å². The molecule has 0 radical (unpaired) electrons. The molecule has 0 aromatic rings. The van der Waals surface area contributed by atoms with Crippen molar-refractivity contribution in [1.82, 2.24) is 0 Å². The predicted molar refractivity (Wildman–Crippen MR) is 62.3 cm³/mol. The highest BCUT2D eigenvalue weighted by Crippen LogP contribution is 2.66. The van der Waals surface area contributed by atoms with Gasteiger partial charge >= 0.3 is 65.8 Å². The smallest absolute Gasteiger partial charge is 0.354 e. The summed E-state index contributed by atoms with van der Waals surface area (Å²) in [5.74, 6) is -79.3. The van der Waals surface area contributed by atoms with E-state index in [1.54, 1.807) is 0 Å². The number of alkyl halides is 24. The van der Waals surface area contributed by atoms with Crippen LogP contribution in [0, 0.1) is 5.92 Å². The minimum Gasteiger partial charge on any atom is -0.354 e. The van der Waals surface area contributed by atoms with Crippen LogP contribution in [0.2, 0.25) is 0 Å². The van der Waals surface area contributed by atoms with Gasteiger partial charge in [-0.05, 0) is 0 Å². The molecule has 2 unspecified atom stereocenters. The first kappa shape index (κ1) is 35.3. The summed E-state index contributed by atoms with van der Waals surface area (Å²) in [5, 5.41) is 8.05. The molecule has 0 aromatic carbocycles. The van der Waals surface area contributed by atoms with Gasteiger partial charge in [-0.3, -0.25) is 0 Å². The topological polar surface area (TPSA) is 20.2 Å². The Hall–Kier alpha value is -1.72. The van der Waals surface area contributed by atoms with Gasteiger partial charge in [0.1, 0.15) is 0 Å². The Balaban J connectivity index is 7.36. The molecule has 0 bridgehead atoms. The third-order valence-electron chi connectivity index (χ3n) is 4.22. The van der Waals surface area contributed by atoms with Crippen molar-refractivity contribution in [2.24, 2.45) is 5.92 Å². The molecule has 1 N–H and O–H groups in total. The van der Waals surface area contributed by atoms with Crippen LogP contribution in [0.3, 0.4) is 0 Å². The molecule has 224 valence electrons. The van der Waals surface area contributed by atoms with E-state index < -0.39 is 71.8 Å². The minimum atomic E-state index is -9.44. The summed E-state index contributed by atoms with van der Waals surface area (Å²) in [4.78, 5) is 0. The van der Waals surface area contributed by atoms with Gasteiger partial charge in [0, 0.05) is 0 Å². The second-order valence-electron chi connectivity index (χ2n) is 6.71. The fraction of sp³-hybridized carbons (Fsp3) is 1.00. The normalized spacial score (nSPS) is 19.1. The van der Waals surface area contributed by atoms with Gasteiger partial charge in [0.2, 0.25) is 0 Å². The average molecular weight is 618 g/mol. The molecular weight excluding hydrogens is 616 g/mol. The average Bonchev–Trinajstić information content (AvgIpc) is 2.56. The largest absolute Gasteiger partial charge is 0.460 e. The van der Waals surface area contributed by atoms with Crippen molar-refractivity contribution in [2.45, 2.75) is 65.8 Å². The summed E-state index contributed by atoms with van der Waals surface area (Å²) in [7, 11) is 0. The number of hydrogen-bond donors (Lipinski definition) is 1. The third kappa shape index (κ3) is 4.58. The maximum absolute atomic E-state index is 13.6. The SMILES string of the molecule is OC(F)(C(C(F)(F)F)C(F)(F)C(F)(F)C(F)(F)C(F)(F)C(F)(F)C(F)(F)C(F)(F)C(F)(F)F)C(F)(F)F. The first-order valence-corrected chi connectivity index (χ1v) is 7.63. The standard InChI is InChI=1S/C12H2F24O/c13-2(14,1(4(16,17)18)3(15,37)11(31,32)33)5(19,20)6(21,22)7(23,24)8(25,26)9(27,28)10(29,30)12(34,35)36/h1,37H. The summed E-state index contributed by atoms with van der Waals surface area (Å²) in [6.07, 6.45) is -24.1. The molecule has 2 atom stereocenters. The zero-order valence-corrected chi connectivity index (χ0v) is 15.6. The van der Waals surface area contributed by atoms with Gasteiger partial charge in [0.25, 0.3) is 0 Å². The van der Waals surface area contributed by atoms with Gasteiger partial charge in [0.05, 0.1) is 0 Å². The van der Waals surface area contributed by atoms with Gasteiger partial charge in [-0.2, -0.15) is 101 Å². The second-order valence-corrected chi connectivity index (χ2v) is 6.71. The van der Waals surface area contributed by atoms with Crippen molar-refractivity contribution in [2.75, 3.05) is 0 Å². The Kier molecular flexibility index (Phi) is 8.00. The van der Waals surface area contributed by atoms with Gasteiger partial charge in [0.15, 0.2) is 5.92 Å². The van der Waals surface area contributed by atoms with Crippen LogP contribution in [0.1, 0.15) is 0 Å². The summed E-state index contributed by atoms with van der Waals surface area (Å²) in [6, 6.07) is 0. The van der Waals surface area contributed by atoms with Gasteiger partial charge in [-0.1, -0.05) is 0 Å². The van der Waals surface area contributed by atoms with E-state index >= 15 is 0 Å². The second kappa shape index (κ2) is 8.39. The molecule has 1 nitrogen and oxygen atoms in total. The molecule has 0 aliphatic carbocycles. The minimum absolute atomic E-state index is 7.37. The van der Waals surface area contributed by atoms with Crippen LogP contribution < -0.4 is 0 Å². The van der Waals surface area contributed by atoms with E-state index in [1.807, 2.05) is 0 Å². The Bertz CT molecular complexity index is 822. The molecule has 0 aliphatic rings. The lowest BCUT2D eigenvalue weighted by Crippen LogP contribution is -2.76. The van der Waals surface area contributed by atoms with E-state index in [9.17, 15) is 105 Å². The third-order valence-corrected chi connectivity index (χ3v) is 4.22. The number of halogens is 24. The quantitative estimate of drug-likeness (QED) is 0.282. The molecule has 25 heteroatoms. The maximum Gasteiger partial charge on any atom is 0.460 e. The Morgan fingerprint density at radius 2 is 0.568 bits per heavy atom. The van der Waals surface area contributed by atoms with Crippen molar-refractivity contribution in [3.63, 3.8) is 0 Å². The molecule has 0 saturated heterocycles. The molecule has 0 amide bonds. The fourth-order valence-electron chi connectivity index (χ4n) is 2.18. The summed E-state index contributed by atoms with van der Waals surface area (Å²) in [5.41, 5.74) is 0. The van der Waals surface area contributed by atoms with Crippen molar-refractivity contribution >= 4 is 0 Å². The molecule has 37 heavy (non-hydrogen) atoms. The van der Waals surface area contributed by atoms with Crippen LogP contribution in [0.15, 0.2) is 0 Å². The number of rotatable bonds is 8. The highest BCUT2D eigenvalue weighted by molar-refractivity contribution is 5.17. The van der Waals surface area contributed by atoms with Gasteiger partial charge in [-0.15, -0.1) is 0 Å². The van der Waals surface area contributed by atoms with Crippen LogP contribution in [-0.2, 0) is 0 Å². The number of hydrogen-bond acceptors (Lipinski definition) is 1. The predicted octanol–water partition coefficient (Wildman–Crippen LogP) is 7.39. The summed E-state index contributed by atoms with van der Waals surface area (Å²) >= 11 is 0. The zero-order valence-electron chi connectivity index (χ0n) is 15.6. The molecular formula is C12H2F24O. The Morgan fingerprint density at radius 3 is 0.784 bits per heavy atom. The Morgan fingerprint density at radius 1 is 0.324 bits per heavy atom. The van der Waals surface area contributed by atoms with Crippen LogP contribution in [-0.4, -0.2) is 70.9 Å². The first-order valence-electron chi connectivity index (χ1n) is 7.63. The Labute approximate surface area is 184 Å².